The van der Waals surface area contributed by atoms with E-state index in [1.54, 1.807) is 26.4 Å². The number of fused-ring (bicyclic) bond motifs is 1. The molecular weight excluding hydrogens is 392 g/mol. The summed E-state index contributed by atoms with van der Waals surface area (Å²) in [6.07, 6.45) is 3.62. The number of rotatable bonds is 4. The summed E-state index contributed by atoms with van der Waals surface area (Å²) in [7, 11) is 7.19. The number of likely N-dealkylation sites (N-methyl/N-ethyl adjacent to an activating group) is 1. The molecule has 1 aliphatic carbocycles. The van der Waals surface area contributed by atoms with Gasteiger partial charge in [-0.05, 0) is 50.9 Å². The van der Waals surface area contributed by atoms with Gasteiger partial charge in [-0.3, -0.25) is 9.69 Å². The van der Waals surface area contributed by atoms with Crippen molar-refractivity contribution in [3.63, 3.8) is 0 Å². The Bertz CT molecular complexity index is 915. The molecule has 0 aromatic heterocycles. The number of amides is 1. The summed E-state index contributed by atoms with van der Waals surface area (Å²) in [5.74, 6) is 2.00. The van der Waals surface area contributed by atoms with E-state index in [1.807, 2.05) is 24.1 Å². The quantitative estimate of drug-likeness (QED) is 0.743. The molecule has 1 spiro atoms. The number of nitrogens with zero attached hydrogens (tertiary/aromatic N) is 2. The van der Waals surface area contributed by atoms with Gasteiger partial charge in [0.15, 0.2) is 0 Å². The molecule has 1 heterocycles. The summed E-state index contributed by atoms with van der Waals surface area (Å²) < 4.78 is 17.5. The Balaban J connectivity index is 1.50. The van der Waals surface area contributed by atoms with Crippen molar-refractivity contribution in [3.05, 3.63) is 53.6 Å². The second-order valence-electron chi connectivity index (χ2n) is 8.75. The zero-order chi connectivity index (χ0) is 22.0. The Hall–Kier alpha value is -2.73. The van der Waals surface area contributed by atoms with Gasteiger partial charge in [0.2, 0.25) is 0 Å². The Morgan fingerprint density at radius 1 is 1.06 bits per heavy atom. The van der Waals surface area contributed by atoms with Crippen LogP contribution in [0.1, 0.15) is 41.6 Å². The van der Waals surface area contributed by atoms with Crippen molar-refractivity contribution in [1.29, 1.82) is 0 Å². The van der Waals surface area contributed by atoms with Crippen LogP contribution < -0.4 is 14.2 Å². The zero-order valence-corrected chi connectivity index (χ0v) is 18.9. The monoisotopic (exact) mass is 424 g/mol. The van der Waals surface area contributed by atoms with E-state index in [2.05, 4.69) is 30.1 Å². The van der Waals surface area contributed by atoms with Crippen molar-refractivity contribution < 1.29 is 19.0 Å². The Labute approximate surface area is 184 Å². The van der Waals surface area contributed by atoms with E-state index in [0.29, 0.717) is 17.1 Å². The van der Waals surface area contributed by atoms with Gasteiger partial charge in [0.25, 0.3) is 5.91 Å². The van der Waals surface area contributed by atoms with Crippen LogP contribution in [0, 0.1) is 0 Å². The smallest absolute Gasteiger partial charge is 0.261 e. The predicted octanol–water partition coefficient (Wildman–Crippen LogP) is 3.98. The lowest BCUT2D eigenvalue weighted by Crippen LogP contribution is -2.51. The maximum atomic E-state index is 13.4. The van der Waals surface area contributed by atoms with Crippen molar-refractivity contribution in [2.45, 2.75) is 43.9 Å². The highest BCUT2D eigenvalue weighted by Crippen LogP contribution is 2.39. The number of hydrogen-bond acceptors (Lipinski definition) is 5. The first-order valence-electron chi connectivity index (χ1n) is 10.9. The van der Waals surface area contributed by atoms with Crippen LogP contribution in [-0.2, 0) is 6.54 Å². The van der Waals surface area contributed by atoms with Crippen molar-refractivity contribution in [3.8, 4) is 17.2 Å². The molecule has 6 heteroatoms. The fourth-order valence-corrected chi connectivity index (χ4v) is 5.02. The van der Waals surface area contributed by atoms with E-state index >= 15 is 0 Å². The third-order valence-electron chi connectivity index (χ3n) is 6.67. The zero-order valence-electron chi connectivity index (χ0n) is 18.9. The molecule has 0 bridgehead atoms. The molecule has 4 rings (SSSR count). The van der Waals surface area contributed by atoms with Gasteiger partial charge in [-0.1, -0.05) is 24.3 Å². The molecule has 2 aromatic rings. The van der Waals surface area contributed by atoms with Gasteiger partial charge in [0.05, 0.1) is 14.2 Å². The van der Waals surface area contributed by atoms with E-state index in [1.165, 1.54) is 5.56 Å². The standard InChI is InChI=1S/C25H32N2O4/c1-26-16-18-8-5-6-9-20(18)31-25(17-26)14-12-19(13-15-25)27(2)24(28)23-21(29-3)10-7-11-22(23)30-4/h5-11,19H,12-17H2,1-4H3. The van der Waals surface area contributed by atoms with Gasteiger partial charge in [0.1, 0.15) is 28.4 Å². The molecule has 31 heavy (non-hydrogen) atoms. The molecular formula is C25H32N2O4. The van der Waals surface area contributed by atoms with Gasteiger partial charge >= 0.3 is 0 Å². The largest absolute Gasteiger partial charge is 0.496 e. The number of hydrogen-bond donors (Lipinski definition) is 0. The summed E-state index contributed by atoms with van der Waals surface area (Å²) in [4.78, 5) is 17.6. The van der Waals surface area contributed by atoms with Crippen LogP contribution in [0.2, 0.25) is 0 Å². The minimum absolute atomic E-state index is 0.0699. The Morgan fingerprint density at radius 2 is 1.71 bits per heavy atom. The summed E-state index contributed by atoms with van der Waals surface area (Å²) in [5, 5.41) is 0. The van der Waals surface area contributed by atoms with E-state index in [9.17, 15) is 4.79 Å². The summed E-state index contributed by atoms with van der Waals surface area (Å²) in [5.41, 5.74) is 1.51. The molecule has 0 atom stereocenters. The normalized spacial score (nSPS) is 23.4. The number of para-hydroxylation sites is 1. The second-order valence-corrected chi connectivity index (χ2v) is 8.75. The first-order valence-corrected chi connectivity index (χ1v) is 10.9. The topological polar surface area (TPSA) is 51.2 Å². The lowest BCUT2D eigenvalue weighted by molar-refractivity contribution is -0.00850. The number of carbonyl (C=O) groups is 1. The van der Waals surface area contributed by atoms with Crippen LogP contribution in [0.3, 0.4) is 0 Å². The average Bonchev–Trinajstić information content (AvgIpc) is 2.92. The van der Waals surface area contributed by atoms with Gasteiger partial charge < -0.3 is 19.1 Å². The molecule has 1 aliphatic heterocycles. The summed E-state index contributed by atoms with van der Waals surface area (Å²) in [6, 6.07) is 13.9. The number of methoxy groups -OCH3 is 2. The van der Waals surface area contributed by atoms with E-state index in [-0.39, 0.29) is 17.6 Å². The minimum Gasteiger partial charge on any atom is -0.496 e. The first kappa shape index (κ1) is 21.5. The fraction of sp³-hybridized carbons (Fsp3) is 0.480. The number of ether oxygens (including phenoxy) is 3. The van der Waals surface area contributed by atoms with Gasteiger partial charge in [-0.15, -0.1) is 0 Å². The highest BCUT2D eigenvalue weighted by molar-refractivity contribution is 5.99. The predicted molar refractivity (Wildman–Crippen MR) is 120 cm³/mol. The lowest BCUT2D eigenvalue weighted by Gasteiger charge is -2.43. The van der Waals surface area contributed by atoms with Crippen LogP contribution in [0.15, 0.2) is 42.5 Å². The van der Waals surface area contributed by atoms with Crippen molar-refractivity contribution in [1.82, 2.24) is 9.80 Å². The molecule has 0 N–H and O–H groups in total. The number of benzene rings is 2. The highest BCUT2D eigenvalue weighted by Gasteiger charge is 2.42. The molecule has 2 aromatic carbocycles. The maximum absolute atomic E-state index is 13.4. The van der Waals surface area contributed by atoms with Crippen LogP contribution in [-0.4, -0.2) is 62.2 Å². The molecule has 1 fully saturated rings. The molecule has 0 unspecified atom stereocenters. The van der Waals surface area contributed by atoms with Gasteiger partial charge in [-0.2, -0.15) is 0 Å². The van der Waals surface area contributed by atoms with E-state index < -0.39 is 0 Å². The molecule has 1 amide bonds. The first-order chi connectivity index (χ1) is 15.0. The van der Waals surface area contributed by atoms with Crippen molar-refractivity contribution in [2.75, 3.05) is 34.9 Å². The molecule has 166 valence electrons. The third-order valence-corrected chi connectivity index (χ3v) is 6.67. The van der Waals surface area contributed by atoms with Crippen LogP contribution >= 0.6 is 0 Å². The molecule has 2 aliphatic rings. The molecule has 1 saturated carbocycles. The molecule has 6 nitrogen and oxygen atoms in total. The third kappa shape index (κ3) is 4.22. The summed E-state index contributed by atoms with van der Waals surface area (Å²) in [6.45, 7) is 1.79. The molecule has 0 saturated heterocycles. The fourth-order valence-electron chi connectivity index (χ4n) is 5.02. The van der Waals surface area contributed by atoms with E-state index in [0.717, 1.165) is 44.5 Å². The van der Waals surface area contributed by atoms with Crippen LogP contribution in [0.5, 0.6) is 17.2 Å². The van der Waals surface area contributed by atoms with E-state index in [4.69, 9.17) is 14.2 Å². The molecule has 0 radical (unpaired) electrons. The Morgan fingerprint density at radius 3 is 2.35 bits per heavy atom. The second kappa shape index (κ2) is 8.79. The van der Waals surface area contributed by atoms with Crippen molar-refractivity contribution in [2.24, 2.45) is 0 Å². The Kier molecular flexibility index (Phi) is 6.10. The van der Waals surface area contributed by atoms with Crippen LogP contribution in [0.4, 0.5) is 0 Å². The number of carbonyl (C=O) groups excluding carboxylic acids is 1. The van der Waals surface area contributed by atoms with Crippen molar-refractivity contribution >= 4 is 5.91 Å². The maximum Gasteiger partial charge on any atom is 0.261 e. The average molecular weight is 425 g/mol. The minimum atomic E-state index is -0.204. The highest BCUT2D eigenvalue weighted by atomic mass is 16.5. The van der Waals surface area contributed by atoms with Gasteiger partial charge in [0, 0.05) is 31.7 Å². The SMILES string of the molecule is COc1cccc(OC)c1C(=O)N(C)C1CCC2(CC1)CN(C)Cc1ccccc1O2. The van der Waals surface area contributed by atoms with Gasteiger partial charge in [-0.25, -0.2) is 0 Å². The lowest BCUT2D eigenvalue weighted by atomic mass is 9.81. The van der Waals surface area contributed by atoms with Crippen LogP contribution in [0.25, 0.3) is 0 Å². The summed E-state index contributed by atoms with van der Waals surface area (Å²) >= 11 is 0.